The van der Waals surface area contributed by atoms with Crippen molar-refractivity contribution in [3.05, 3.63) is 81.3 Å². The van der Waals surface area contributed by atoms with E-state index in [4.69, 9.17) is 10.5 Å². The van der Waals surface area contributed by atoms with Crippen LogP contribution in [-0.2, 0) is 24.9 Å². The van der Waals surface area contributed by atoms with E-state index < -0.39 is 5.82 Å². The topological polar surface area (TPSA) is 106 Å². The van der Waals surface area contributed by atoms with Crippen LogP contribution in [0, 0.1) is 17.1 Å². The lowest BCUT2D eigenvalue weighted by Gasteiger charge is -2.16. The van der Waals surface area contributed by atoms with Gasteiger partial charge in [0.25, 0.3) is 5.91 Å². The zero-order valence-electron chi connectivity index (χ0n) is 18.6. The highest BCUT2D eigenvalue weighted by Gasteiger charge is 2.22. The van der Waals surface area contributed by atoms with Crippen molar-refractivity contribution < 1.29 is 13.9 Å². The molecule has 0 saturated heterocycles. The molecule has 1 aliphatic heterocycles. The quantitative estimate of drug-likeness (QED) is 0.746. The Bertz CT molecular complexity index is 1190. The van der Waals surface area contributed by atoms with Crippen molar-refractivity contribution in [2.45, 2.75) is 40.3 Å². The second-order valence-electron chi connectivity index (χ2n) is 7.67. The van der Waals surface area contributed by atoms with Crippen LogP contribution in [0.4, 0.5) is 4.39 Å². The van der Waals surface area contributed by atoms with E-state index in [2.05, 4.69) is 16.5 Å². The molecular formula is C24H26FN5O2. The molecule has 0 aliphatic carbocycles. The molecule has 1 aromatic heterocycles. The Labute approximate surface area is 186 Å². The van der Waals surface area contributed by atoms with Crippen LogP contribution in [0.25, 0.3) is 5.57 Å². The van der Waals surface area contributed by atoms with Crippen molar-refractivity contribution in [3.63, 3.8) is 0 Å². The number of fused-ring (bicyclic) bond motifs is 2. The monoisotopic (exact) mass is 435 g/mol. The molecule has 8 heteroatoms. The average molecular weight is 436 g/mol. The van der Waals surface area contributed by atoms with E-state index in [9.17, 15) is 14.4 Å². The van der Waals surface area contributed by atoms with Crippen LogP contribution in [0.5, 0.6) is 0 Å². The van der Waals surface area contributed by atoms with Gasteiger partial charge >= 0.3 is 0 Å². The van der Waals surface area contributed by atoms with Gasteiger partial charge in [0, 0.05) is 29.4 Å². The third-order valence-electron chi connectivity index (χ3n) is 5.26. The van der Waals surface area contributed by atoms with Crippen LogP contribution in [0.3, 0.4) is 0 Å². The van der Waals surface area contributed by atoms with Gasteiger partial charge in [0.1, 0.15) is 29.9 Å². The number of amides is 1. The first-order valence-electron chi connectivity index (χ1n) is 10.3. The molecule has 166 valence electrons. The molecular weight excluding hydrogens is 409 g/mol. The minimum absolute atomic E-state index is 0.0460. The molecule has 3 rings (SSSR count). The molecule has 0 spiro atoms. The standard InChI is InChI=1S/C24H26FN5O2/c1-5-14(2)8-16-10-22(15(3)27)32-13-17-9-18(25)6-7-19(17)24(31)28-12-20-23(16)21(11-26)30(4)29-20/h6-10H,5,12-13,27H2,1-4H3,(H,28,31)/b14-8+,16-10+,22-15-. The van der Waals surface area contributed by atoms with E-state index >= 15 is 0 Å². The van der Waals surface area contributed by atoms with Gasteiger partial charge in [-0.2, -0.15) is 10.4 Å². The first-order chi connectivity index (χ1) is 15.2. The fourth-order valence-electron chi connectivity index (χ4n) is 3.42. The Kier molecular flexibility index (Phi) is 6.79. The van der Waals surface area contributed by atoms with E-state index in [1.165, 1.54) is 22.9 Å². The van der Waals surface area contributed by atoms with Gasteiger partial charge in [0.2, 0.25) is 0 Å². The van der Waals surface area contributed by atoms with Gasteiger partial charge in [0.05, 0.1) is 12.2 Å². The number of ether oxygens (including phenoxy) is 1. The summed E-state index contributed by atoms with van der Waals surface area (Å²) < 4.78 is 21.3. The Morgan fingerprint density at radius 3 is 2.84 bits per heavy atom. The number of nitriles is 1. The summed E-state index contributed by atoms with van der Waals surface area (Å²) in [6.45, 7) is 5.76. The fraction of sp³-hybridized carbons (Fsp3) is 0.292. The summed E-state index contributed by atoms with van der Waals surface area (Å²) in [5, 5.41) is 17.1. The average Bonchev–Trinajstić information content (AvgIpc) is 3.08. The zero-order chi connectivity index (χ0) is 23.4. The molecule has 2 aromatic rings. The molecule has 1 aromatic carbocycles. The second kappa shape index (κ2) is 9.52. The Morgan fingerprint density at radius 2 is 2.19 bits per heavy atom. The van der Waals surface area contributed by atoms with Crippen LogP contribution in [0.2, 0.25) is 0 Å². The number of benzene rings is 1. The van der Waals surface area contributed by atoms with Crippen LogP contribution < -0.4 is 11.1 Å². The number of aryl methyl sites for hydroxylation is 1. The van der Waals surface area contributed by atoms with Gasteiger partial charge in [-0.3, -0.25) is 9.48 Å². The molecule has 2 heterocycles. The number of halogens is 1. The maximum Gasteiger partial charge on any atom is 0.252 e. The lowest BCUT2D eigenvalue weighted by molar-refractivity contribution is 0.0946. The van der Waals surface area contributed by atoms with E-state index in [0.717, 1.165) is 12.0 Å². The maximum atomic E-state index is 13.9. The number of nitrogens with one attached hydrogen (secondary N) is 1. The summed E-state index contributed by atoms with van der Waals surface area (Å²) in [6, 6.07) is 6.12. The first kappa shape index (κ1) is 22.8. The SMILES string of the molecule is CC/C(C)=C/C1=C\C(=C(/C)N)OCc2cc(F)ccc2C(=O)NCc2nn(C)c(C#N)c21. The Morgan fingerprint density at radius 1 is 1.44 bits per heavy atom. The van der Waals surface area contributed by atoms with Crippen molar-refractivity contribution in [2.75, 3.05) is 0 Å². The molecule has 0 bridgehead atoms. The van der Waals surface area contributed by atoms with Gasteiger partial charge in [0.15, 0.2) is 0 Å². The van der Waals surface area contributed by atoms with Crippen LogP contribution >= 0.6 is 0 Å². The lowest BCUT2D eigenvalue weighted by Crippen LogP contribution is -2.25. The highest BCUT2D eigenvalue weighted by molar-refractivity contribution is 5.95. The zero-order valence-corrected chi connectivity index (χ0v) is 18.6. The van der Waals surface area contributed by atoms with E-state index in [1.807, 2.05) is 19.9 Å². The molecule has 3 N–H and O–H groups in total. The molecule has 1 amide bonds. The minimum atomic E-state index is -0.467. The number of nitrogens with zero attached hydrogens (tertiary/aromatic N) is 3. The van der Waals surface area contributed by atoms with E-state index in [0.29, 0.717) is 45.1 Å². The highest BCUT2D eigenvalue weighted by Crippen LogP contribution is 2.29. The molecule has 0 unspecified atom stereocenters. The van der Waals surface area contributed by atoms with Crippen LogP contribution in [0.1, 0.15) is 60.1 Å². The smallest absolute Gasteiger partial charge is 0.252 e. The van der Waals surface area contributed by atoms with Crippen LogP contribution in [-0.4, -0.2) is 15.7 Å². The number of hydrogen-bond donors (Lipinski definition) is 2. The number of aromatic nitrogens is 2. The summed E-state index contributed by atoms with van der Waals surface area (Å²) in [5.74, 6) is -0.485. The van der Waals surface area contributed by atoms with E-state index in [1.54, 1.807) is 20.0 Å². The molecule has 32 heavy (non-hydrogen) atoms. The van der Waals surface area contributed by atoms with E-state index in [-0.39, 0.29) is 19.1 Å². The van der Waals surface area contributed by atoms with Gasteiger partial charge in [-0.15, -0.1) is 0 Å². The van der Waals surface area contributed by atoms with Crippen molar-refractivity contribution in [1.82, 2.24) is 15.1 Å². The predicted molar refractivity (Wildman–Crippen MR) is 119 cm³/mol. The maximum absolute atomic E-state index is 13.9. The second-order valence-corrected chi connectivity index (χ2v) is 7.67. The van der Waals surface area contributed by atoms with Gasteiger partial charge in [-0.25, -0.2) is 4.39 Å². The summed E-state index contributed by atoms with van der Waals surface area (Å²) in [4.78, 5) is 12.9. The number of carbonyl (C=O) groups is 1. The summed E-state index contributed by atoms with van der Waals surface area (Å²) >= 11 is 0. The lowest BCUT2D eigenvalue weighted by atomic mass is 9.98. The van der Waals surface area contributed by atoms with Crippen molar-refractivity contribution >= 4 is 11.5 Å². The number of carbonyl (C=O) groups excluding carboxylic acids is 1. The highest BCUT2D eigenvalue weighted by atomic mass is 19.1. The normalized spacial score (nSPS) is 17.9. The Balaban J connectivity index is 2.27. The number of nitrogens with two attached hydrogens (primary N) is 1. The van der Waals surface area contributed by atoms with Crippen LogP contribution in [0.15, 0.2) is 47.4 Å². The summed E-state index contributed by atoms with van der Waals surface area (Å²) in [5.41, 5.74) is 10.5. The first-order valence-corrected chi connectivity index (χ1v) is 10.3. The minimum Gasteiger partial charge on any atom is -0.487 e. The number of allylic oxidation sites excluding steroid dienone is 5. The molecule has 0 radical (unpaired) electrons. The fourth-order valence-corrected chi connectivity index (χ4v) is 3.42. The predicted octanol–water partition coefficient (Wildman–Crippen LogP) is 3.82. The molecule has 0 saturated carbocycles. The molecule has 0 fully saturated rings. The van der Waals surface area contributed by atoms with Gasteiger partial charge in [-0.05, 0) is 50.1 Å². The van der Waals surface area contributed by atoms with Crippen molar-refractivity contribution in [1.29, 1.82) is 5.26 Å². The van der Waals surface area contributed by atoms with Crippen molar-refractivity contribution in [2.24, 2.45) is 12.8 Å². The third kappa shape index (κ3) is 4.72. The summed E-state index contributed by atoms with van der Waals surface area (Å²) in [7, 11) is 1.68. The largest absolute Gasteiger partial charge is 0.487 e. The number of rotatable bonds is 2. The third-order valence-corrected chi connectivity index (χ3v) is 5.26. The summed E-state index contributed by atoms with van der Waals surface area (Å²) in [6.07, 6.45) is 4.52. The molecule has 7 nitrogen and oxygen atoms in total. The van der Waals surface area contributed by atoms with Gasteiger partial charge in [-0.1, -0.05) is 18.6 Å². The van der Waals surface area contributed by atoms with Gasteiger partial charge < -0.3 is 15.8 Å². The van der Waals surface area contributed by atoms with Crippen molar-refractivity contribution in [3.8, 4) is 6.07 Å². The Hall–Kier alpha value is -3.86. The molecule has 1 aliphatic rings. The number of hydrogen-bond acceptors (Lipinski definition) is 5. The molecule has 0 atom stereocenters.